The normalized spacial score (nSPS) is 11.0. The van der Waals surface area contributed by atoms with E-state index < -0.39 is 0 Å². The number of fused-ring (bicyclic) bond motifs is 1. The van der Waals surface area contributed by atoms with Gasteiger partial charge in [0.25, 0.3) is 5.91 Å². The lowest BCUT2D eigenvalue weighted by atomic mass is 9.94. The van der Waals surface area contributed by atoms with Gasteiger partial charge < -0.3 is 16.8 Å². The van der Waals surface area contributed by atoms with Crippen LogP contribution < -0.4 is 16.8 Å². The quantitative estimate of drug-likeness (QED) is 0.349. The molecule has 0 saturated heterocycles. The highest BCUT2D eigenvalue weighted by Gasteiger charge is 2.24. The van der Waals surface area contributed by atoms with Gasteiger partial charge in [-0.15, -0.1) is 11.3 Å². The Bertz CT molecular complexity index is 1430. The van der Waals surface area contributed by atoms with Crippen molar-refractivity contribution in [1.82, 2.24) is 4.98 Å². The van der Waals surface area contributed by atoms with E-state index in [0.29, 0.717) is 32.3 Å². The summed E-state index contributed by atoms with van der Waals surface area (Å²) in [7, 11) is 0. The van der Waals surface area contributed by atoms with Gasteiger partial charge in [0.1, 0.15) is 27.2 Å². The molecule has 1 amide bonds. The fourth-order valence-electron chi connectivity index (χ4n) is 3.84. The molecule has 166 valence electrons. The summed E-state index contributed by atoms with van der Waals surface area (Å²) in [4.78, 5) is 18.4. The second kappa shape index (κ2) is 8.57. The van der Waals surface area contributed by atoms with Crippen LogP contribution in [0.1, 0.15) is 51.7 Å². The monoisotopic (exact) mass is 455 g/mol. The highest BCUT2D eigenvalue weighted by atomic mass is 32.1. The molecule has 0 aliphatic heterocycles. The number of anilines is 3. The summed E-state index contributed by atoms with van der Waals surface area (Å²) < 4.78 is 0. The Balaban J connectivity index is 1.88. The number of carbonyl (C=O) groups excluding carboxylic acids is 1. The second-order valence-electron chi connectivity index (χ2n) is 8.36. The van der Waals surface area contributed by atoms with Gasteiger partial charge in [-0.2, -0.15) is 5.26 Å². The Labute approximate surface area is 196 Å². The van der Waals surface area contributed by atoms with E-state index in [1.807, 2.05) is 56.3 Å². The Morgan fingerprint density at radius 2 is 1.82 bits per heavy atom. The summed E-state index contributed by atoms with van der Waals surface area (Å²) in [6, 6.07) is 15.9. The number of nitrogens with one attached hydrogen (secondary N) is 1. The largest absolute Gasteiger partial charge is 0.397 e. The van der Waals surface area contributed by atoms with Gasteiger partial charge in [0.05, 0.1) is 5.69 Å². The van der Waals surface area contributed by atoms with Crippen molar-refractivity contribution in [1.29, 1.82) is 5.26 Å². The van der Waals surface area contributed by atoms with Crippen molar-refractivity contribution in [3.05, 3.63) is 69.6 Å². The maximum atomic E-state index is 13.2. The van der Waals surface area contributed by atoms with Crippen molar-refractivity contribution in [2.45, 2.75) is 33.6 Å². The number of hydrogen-bond acceptors (Lipinski definition) is 6. The first-order valence-electron chi connectivity index (χ1n) is 10.6. The standard InChI is InChI=1S/C26H25N5OS/c1-13(2)16-8-10-17(11-9-16)20-18(12-27)24(29)31-26-21(20)22(28)23(33-26)25(32)30-19-7-5-6-14(3)15(19)4/h5-11,13H,28H2,1-4H3,(H2,29,31)(H,30,32). The van der Waals surface area contributed by atoms with Gasteiger partial charge in [-0.1, -0.05) is 50.2 Å². The van der Waals surface area contributed by atoms with E-state index >= 15 is 0 Å². The highest BCUT2D eigenvalue weighted by Crippen LogP contribution is 2.43. The van der Waals surface area contributed by atoms with E-state index in [-0.39, 0.29) is 17.3 Å². The first kappa shape index (κ1) is 22.3. The van der Waals surface area contributed by atoms with Crippen LogP contribution in [0.2, 0.25) is 0 Å². The van der Waals surface area contributed by atoms with E-state index in [1.165, 1.54) is 16.9 Å². The smallest absolute Gasteiger partial charge is 0.267 e. The molecule has 2 aromatic carbocycles. The molecule has 0 aliphatic carbocycles. The molecule has 0 unspecified atom stereocenters. The molecule has 0 fully saturated rings. The Kier molecular flexibility index (Phi) is 5.79. The van der Waals surface area contributed by atoms with Crippen molar-refractivity contribution in [3.8, 4) is 17.2 Å². The molecule has 0 aliphatic rings. The van der Waals surface area contributed by atoms with E-state index in [9.17, 15) is 10.1 Å². The molecule has 4 rings (SSSR count). The minimum atomic E-state index is -0.317. The maximum absolute atomic E-state index is 13.2. The first-order chi connectivity index (χ1) is 15.7. The van der Waals surface area contributed by atoms with E-state index in [4.69, 9.17) is 11.5 Å². The lowest BCUT2D eigenvalue weighted by Gasteiger charge is -2.12. The molecular formula is C26H25N5OS. The number of rotatable bonds is 4. The van der Waals surface area contributed by atoms with Crippen LogP contribution in [0.3, 0.4) is 0 Å². The second-order valence-corrected chi connectivity index (χ2v) is 9.36. The number of hydrogen-bond donors (Lipinski definition) is 3. The summed E-state index contributed by atoms with van der Waals surface area (Å²) in [6.45, 7) is 8.19. The third-order valence-corrected chi connectivity index (χ3v) is 7.04. The van der Waals surface area contributed by atoms with Crippen LogP contribution in [0, 0.1) is 25.2 Å². The van der Waals surface area contributed by atoms with Crippen LogP contribution in [0.15, 0.2) is 42.5 Å². The minimum Gasteiger partial charge on any atom is -0.397 e. The van der Waals surface area contributed by atoms with Crippen LogP contribution in [0.5, 0.6) is 0 Å². The SMILES string of the molecule is Cc1cccc(NC(=O)c2sc3nc(N)c(C#N)c(-c4ccc(C(C)C)cc4)c3c2N)c1C. The van der Waals surface area contributed by atoms with Crippen molar-refractivity contribution < 1.29 is 4.79 Å². The summed E-state index contributed by atoms with van der Waals surface area (Å²) in [5.74, 6) is 0.182. The van der Waals surface area contributed by atoms with Crippen molar-refractivity contribution in [3.63, 3.8) is 0 Å². The number of thiophene rings is 1. The number of aryl methyl sites for hydroxylation is 1. The molecule has 0 spiro atoms. The molecule has 2 heterocycles. The van der Waals surface area contributed by atoms with E-state index in [1.54, 1.807) is 0 Å². The Morgan fingerprint density at radius 3 is 2.45 bits per heavy atom. The van der Waals surface area contributed by atoms with Gasteiger partial charge in [-0.05, 0) is 48.1 Å². The van der Waals surface area contributed by atoms with Gasteiger partial charge in [-0.25, -0.2) is 4.98 Å². The molecule has 33 heavy (non-hydrogen) atoms. The van der Waals surface area contributed by atoms with Crippen LogP contribution in [-0.4, -0.2) is 10.9 Å². The fraction of sp³-hybridized carbons (Fsp3) is 0.192. The predicted molar refractivity (Wildman–Crippen MR) is 137 cm³/mol. The molecule has 0 atom stereocenters. The van der Waals surface area contributed by atoms with Crippen molar-refractivity contribution in [2.75, 3.05) is 16.8 Å². The number of aromatic nitrogens is 1. The lowest BCUT2D eigenvalue weighted by Crippen LogP contribution is -2.13. The molecule has 7 heteroatoms. The van der Waals surface area contributed by atoms with Gasteiger partial charge in [0, 0.05) is 16.6 Å². The fourth-order valence-corrected chi connectivity index (χ4v) is 4.85. The van der Waals surface area contributed by atoms with Crippen LogP contribution in [0.4, 0.5) is 17.2 Å². The summed E-state index contributed by atoms with van der Waals surface area (Å²) in [5.41, 5.74) is 18.6. The zero-order valence-electron chi connectivity index (χ0n) is 19.0. The highest BCUT2D eigenvalue weighted by molar-refractivity contribution is 7.21. The number of nitrogens with two attached hydrogens (primary N) is 2. The number of amides is 1. The zero-order valence-corrected chi connectivity index (χ0v) is 19.8. The Morgan fingerprint density at radius 1 is 1.12 bits per heavy atom. The predicted octanol–water partition coefficient (Wildman–Crippen LogP) is 5.99. The van der Waals surface area contributed by atoms with E-state index in [0.717, 1.165) is 22.4 Å². The molecule has 0 saturated carbocycles. The molecule has 0 radical (unpaired) electrons. The number of carbonyl (C=O) groups is 1. The molecule has 0 bridgehead atoms. The number of benzene rings is 2. The molecule has 5 N–H and O–H groups in total. The van der Waals surface area contributed by atoms with Crippen LogP contribution in [0.25, 0.3) is 21.3 Å². The molecule has 4 aromatic rings. The summed E-state index contributed by atoms with van der Waals surface area (Å²) in [6.07, 6.45) is 0. The third kappa shape index (κ3) is 3.90. The number of nitriles is 1. The first-order valence-corrected chi connectivity index (χ1v) is 11.4. The van der Waals surface area contributed by atoms with Crippen molar-refractivity contribution in [2.24, 2.45) is 0 Å². The summed E-state index contributed by atoms with van der Waals surface area (Å²) >= 11 is 1.17. The average molecular weight is 456 g/mol. The number of nitrogens with zero attached hydrogens (tertiary/aromatic N) is 2. The maximum Gasteiger partial charge on any atom is 0.267 e. The van der Waals surface area contributed by atoms with Gasteiger partial charge in [0.15, 0.2) is 0 Å². The lowest BCUT2D eigenvalue weighted by molar-refractivity contribution is 0.103. The van der Waals surface area contributed by atoms with Gasteiger partial charge in [0.2, 0.25) is 0 Å². The van der Waals surface area contributed by atoms with Gasteiger partial charge >= 0.3 is 0 Å². The molecule has 6 nitrogen and oxygen atoms in total. The van der Waals surface area contributed by atoms with E-state index in [2.05, 4.69) is 30.2 Å². The summed E-state index contributed by atoms with van der Waals surface area (Å²) in [5, 5.41) is 13.4. The number of pyridine rings is 1. The average Bonchev–Trinajstić information content (AvgIpc) is 3.11. The molecule has 2 aromatic heterocycles. The topological polar surface area (TPSA) is 118 Å². The number of nitrogen functional groups attached to an aromatic ring is 2. The van der Waals surface area contributed by atoms with Crippen LogP contribution >= 0.6 is 11.3 Å². The Hall–Kier alpha value is -3.89. The van der Waals surface area contributed by atoms with Crippen LogP contribution in [-0.2, 0) is 0 Å². The minimum absolute atomic E-state index is 0.121. The zero-order chi connectivity index (χ0) is 23.9. The van der Waals surface area contributed by atoms with Gasteiger partial charge in [-0.3, -0.25) is 4.79 Å². The van der Waals surface area contributed by atoms with Crippen molar-refractivity contribution >= 4 is 44.7 Å². The molecular weight excluding hydrogens is 430 g/mol. The third-order valence-electron chi connectivity index (χ3n) is 5.94.